The predicted molar refractivity (Wildman–Crippen MR) is 110 cm³/mol. The van der Waals surface area contributed by atoms with Crippen LogP contribution < -0.4 is 11.1 Å². The van der Waals surface area contributed by atoms with Crippen LogP contribution in [0.1, 0.15) is 42.6 Å². The first-order chi connectivity index (χ1) is 13.6. The SMILES string of the molecule is Cc1cccc(C2(C(=O)Nc3ccc(-c4n[nH]c(CN)n4)cc3)CCCC2)c1. The van der Waals surface area contributed by atoms with Crippen LogP contribution in [-0.2, 0) is 16.8 Å². The number of aromatic amines is 1. The summed E-state index contributed by atoms with van der Waals surface area (Å²) in [7, 11) is 0. The average molecular weight is 375 g/mol. The summed E-state index contributed by atoms with van der Waals surface area (Å²) >= 11 is 0. The third-order valence-corrected chi connectivity index (χ3v) is 5.59. The van der Waals surface area contributed by atoms with Crippen molar-refractivity contribution in [2.45, 2.75) is 44.6 Å². The first-order valence-corrected chi connectivity index (χ1v) is 9.71. The molecule has 28 heavy (non-hydrogen) atoms. The largest absolute Gasteiger partial charge is 0.325 e. The molecule has 1 aliphatic carbocycles. The van der Waals surface area contributed by atoms with E-state index in [-0.39, 0.29) is 5.91 Å². The Morgan fingerprint density at radius 3 is 2.57 bits per heavy atom. The summed E-state index contributed by atoms with van der Waals surface area (Å²) in [6.45, 7) is 2.39. The fourth-order valence-corrected chi connectivity index (χ4v) is 4.04. The zero-order valence-corrected chi connectivity index (χ0v) is 16.0. The van der Waals surface area contributed by atoms with Crippen molar-refractivity contribution in [2.75, 3.05) is 5.32 Å². The van der Waals surface area contributed by atoms with E-state index in [9.17, 15) is 4.79 Å². The molecule has 1 saturated carbocycles. The zero-order chi connectivity index (χ0) is 19.6. The van der Waals surface area contributed by atoms with Gasteiger partial charge in [-0.2, -0.15) is 5.10 Å². The summed E-state index contributed by atoms with van der Waals surface area (Å²) in [5, 5.41) is 10.1. The Bertz CT molecular complexity index is 971. The van der Waals surface area contributed by atoms with Crippen LogP contribution in [0.4, 0.5) is 5.69 Å². The van der Waals surface area contributed by atoms with E-state index in [0.717, 1.165) is 42.5 Å². The van der Waals surface area contributed by atoms with Gasteiger partial charge >= 0.3 is 0 Å². The van der Waals surface area contributed by atoms with Crippen molar-refractivity contribution in [1.29, 1.82) is 0 Å². The molecule has 1 amide bonds. The molecule has 0 saturated heterocycles. The van der Waals surface area contributed by atoms with Gasteiger partial charge in [0.25, 0.3) is 0 Å². The number of amides is 1. The third kappa shape index (κ3) is 3.43. The summed E-state index contributed by atoms with van der Waals surface area (Å²) in [6, 6.07) is 15.9. The lowest BCUT2D eigenvalue weighted by Crippen LogP contribution is -2.38. The molecule has 1 heterocycles. The molecule has 0 bridgehead atoms. The van der Waals surface area contributed by atoms with Gasteiger partial charge in [0.2, 0.25) is 5.91 Å². The molecule has 2 aromatic carbocycles. The predicted octanol–water partition coefficient (Wildman–Crippen LogP) is 3.69. The molecule has 0 unspecified atom stereocenters. The molecular weight excluding hydrogens is 350 g/mol. The first-order valence-electron chi connectivity index (χ1n) is 9.71. The minimum atomic E-state index is -0.440. The average Bonchev–Trinajstić information content (AvgIpc) is 3.39. The highest BCUT2D eigenvalue weighted by molar-refractivity contribution is 5.99. The van der Waals surface area contributed by atoms with E-state index in [1.165, 1.54) is 5.56 Å². The van der Waals surface area contributed by atoms with E-state index < -0.39 is 5.41 Å². The first kappa shape index (κ1) is 18.4. The number of hydrogen-bond donors (Lipinski definition) is 3. The van der Waals surface area contributed by atoms with Crippen LogP contribution in [0, 0.1) is 6.92 Å². The van der Waals surface area contributed by atoms with Crippen molar-refractivity contribution in [2.24, 2.45) is 5.73 Å². The number of H-pyrrole nitrogens is 1. The lowest BCUT2D eigenvalue weighted by Gasteiger charge is -2.28. The van der Waals surface area contributed by atoms with E-state index in [0.29, 0.717) is 18.2 Å². The number of rotatable bonds is 5. The van der Waals surface area contributed by atoms with Gasteiger partial charge in [0.1, 0.15) is 5.82 Å². The third-order valence-electron chi connectivity index (χ3n) is 5.59. The molecule has 0 aliphatic heterocycles. The lowest BCUT2D eigenvalue weighted by atomic mass is 9.77. The standard InChI is InChI=1S/C22H25N5O/c1-15-5-4-6-17(13-15)22(11-2-3-12-22)21(28)24-18-9-7-16(8-10-18)20-25-19(14-23)26-27-20/h4-10,13H,2-3,11-12,14,23H2,1H3,(H,24,28)(H,25,26,27). The number of anilines is 1. The molecule has 144 valence electrons. The van der Waals surface area contributed by atoms with Crippen molar-refractivity contribution in [3.05, 3.63) is 65.5 Å². The van der Waals surface area contributed by atoms with Gasteiger partial charge in [-0.25, -0.2) is 4.98 Å². The minimum Gasteiger partial charge on any atom is -0.325 e. The van der Waals surface area contributed by atoms with Crippen LogP contribution in [0.2, 0.25) is 0 Å². The highest BCUT2D eigenvalue weighted by atomic mass is 16.2. The van der Waals surface area contributed by atoms with E-state index >= 15 is 0 Å². The highest BCUT2D eigenvalue weighted by Crippen LogP contribution is 2.42. The van der Waals surface area contributed by atoms with Gasteiger partial charge in [0.05, 0.1) is 12.0 Å². The van der Waals surface area contributed by atoms with Crippen LogP contribution in [0.3, 0.4) is 0 Å². The Hall–Kier alpha value is -2.99. The van der Waals surface area contributed by atoms with E-state index in [1.807, 2.05) is 30.3 Å². The van der Waals surface area contributed by atoms with Crippen LogP contribution >= 0.6 is 0 Å². The van der Waals surface area contributed by atoms with Crippen molar-refractivity contribution in [1.82, 2.24) is 15.2 Å². The van der Waals surface area contributed by atoms with Gasteiger partial charge in [0.15, 0.2) is 5.82 Å². The molecule has 0 spiro atoms. The van der Waals surface area contributed by atoms with Gasteiger partial charge in [-0.15, -0.1) is 0 Å². The number of nitrogens with zero attached hydrogens (tertiary/aromatic N) is 2. The maximum atomic E-state index is 13.3. The summed E-state index contributed by atoms with van der Waals surface area (Å²) in [6.07, 6.45) is 3.93. The fourth-order valence-electron chi connectivity index (χ4n) is 4.04. The van der Waals surface area contributed by atoms with Gasteiger partial charge in [0, 0.05) is 11.3 Å². The molecule has 1 aliphatic rings. The molecule has 0 atom stereocenters. The summed E-state index contributed by atoms with van der Waals surface area (Å²) in [4.78, 5) is 17.6. The smallest absolute Gasteiger partial charge is 0.235 e. The quantitative estimate of drug-likeness (QED) is 0.633. The van der Waals surface area contributed by atoms with Crippen LogP contribution in [0.25, 0.3) is 11.4 Å². The van der Waals surface area contributed by atoms with Crippen LogP contribution in [0.5, 0.6) is 0 Å². The lowest BCUT2D eigenvalue weighted by molar-refractivity contribution is -0.121. The Morgan fingerprint density at radius 2 is 1.93 bits per heavy atom. The number of aryl methyl sites for hydroxylation is 1. The van der Waals surface area contributed by atoms with Crippen molar-refractivity contribution >= 4 is 11.6 Å². The zero-order valence-electron chi connectivity index (χ0n) is 16.0. The van der Waals surface area contributed by atoms with Gasteiger partial charge in [-0.05, 0) is 49.6 Å². The van der Waals surface area contributed by atoms with Crippen LogP contribution in [-0.4, -0.2) is 21.1 Å². The summed E-state index contributed by atoms with van der Waals surface area (Å²) in [5.74, 6) is 1.32. The second-order valence-corrected chi connectivity index (χ2v) is 7.50. The molecule has 3 aromatic rings. The molecular formula is C22H25N5O. The van der Waals surface area contributed by atoms with E-state index in [4.69, 9.17) is 5.73 Å². The fraction of sp³-hybridized carbons (Fsp3) is 0.318. The molecule has 4 rings (SSSR count). The van der Waals surface area contributed by atoms with Gasteiger partial charge < -0.3 is 11.1 Å². The molecule has 1 aromatic heterocycles. The second-order valence-electron chi connectivity index (χ2n) is 7.50. The van der Waals surface area contributed by atoms with E-state index in [1.54, 1.807) is 0 Å². The van der Waals surface area contributed by atoms with Crippen LogP contribution in [0.15, 0.2) is 48.5 Å². The van der Waals surface area contributed by atoms with Crippen molar-refractivity contribution in [3.8, 4) is 11.4 Å². The molecule has 4 N–H and O–H groups in total. The molecule has 6 heteroatoms. The number of benzene rings is 2. The van der Waals surface area contributed by atoms with Gasteiger partial charge in [-0.1, -0.05) is 42.7 Å². The Morgan fingerprint density at radius 1 is 1.18 bits per heavy atom. The number of nitrogens with one attached hydrogen (secondary N) is 2. The second kappa shape index (κ2) is 7.56. The number of carbonyl (C=O) groups is 1. The van der Waals surface area contributed by atoms with Crippen molar-refractivity contribution in [3.63, 3.8) is 0 Å². The minimum absolute atomic E-state index is 0.0756. The van der Waals surface area contributed by atoms with Crippen molar-refractivity contribution < 1.29 is 4.79 Å². The number of carbonyl (C=O) groups excluding carboxylic acids is 1. The monoisotopic (exact) mass is 375 g/mol. The molecule has 6 nitrogen and oxygen atoms in total. The highest BCUT2D eigenvalue weighted by Gasteiger charge is 2.42. The summed E-state index contributed by atoms with van der Waals surface area (Å²) in [5.41, 5.74) is 9.09. The van der Waals surface area contributed by atoms with E-state index in [2.05, 4.69) is 45.6 Å². The maximum absolute atomic E-state index is 13.3. The number of hydrogen-bond acceptors (Lipinski definition) is 4. The molecule has 1 fully saturated rings. The number of aromatic nitrogens is 3. The maximum Gasteiger partial charge on any atom is 0.235 e. The normalized spacial score (nSPS) is 15.5. The van der Waals surface area contributed by atoms with Gasteiger partial charge in [-0.3, -0.25) is 9.89 Å². The number of nitrogens with two attached hydrogens (primary N) is 1. The Labute approximate surface area is 164 Å². The summed E-state index contributed by atoms with van der Waals surface area (Å²) < 4.78 is 0. The Balaban J connectivity index is 1.55. The molecule has 0 radical (unpaired) electrons. The topological polar surface area (TPSA) is 96.7 Å². The Kier molecular flexibility index (Phi) is 4.96.